The summed E-state index contributed by atoms with van der Waals surface area (Å²) in [5.74, 6) is -0.559. The zero-order valence-corrected chi connectivity index (χ0v) is 37.5. The van der Waals surface area contributed by atoms with Gasteiger partial charge in [0.1, 0.15) is 6.10 Å². The molecule has 330 valence electrons. The third-order valence-electron chi connectivity index (χ3n) is 10.7. The molecule has 0 saturated carbocycles. The lowest BCUT2D eigenvalue weighted by molar-refractivity contribution is -0.151. The van der Waals surface area contributed by atoms with Gasteiger partial charge in [0.2, 0.25) is 5.91 Å². The van der Waals surface area contributed by atoms with Crippen molar-refractivity contribution in [2.24, 2.45) is 0 Å². The number of carbonyl (C=O) groups is 2. The van der Waals surface area contributed by atoms with Gasteiger partial charge in [-0.3, -0.25) is 9.59 Å². The van der Waals surface area contributed by atoms with Crippen LogP contribution in [-0.4, -0.2) is 46.9 Å². The predicted molar refractivity (Wildman–Crippen MR) is 245 cm³/mol. The van der Waals surface area contributed by atoms with Crippen molar-refractivity contribution >= 4 is 11.9 Å². The number of carbonyl (C=O) groups excluding carboxylic acids is 2. The molecular formula is C51H91NO5. The van der Waals surface area contributed by atoms with Gasteiger partial charge < -0.3 is 20.3 Å². The van der Waals surface area contributed by atoms with Crippen LogP contribution in [-0.2, 0) is 14.3 Å². The van der Waals surface area contributed by atoms with Crippen molar-refractivity contribution in [3.63, 3.8) is 0 Å². The van der Waals surface area contributed by atoms with E-state index in [9.17, 15) is 19.8 Å². The number of aliphatic hydroxyl groups is 2. The molecule has 3 unspecified atom stereocenters. The molecule has 0 spiro atoms. The maximum absolute atomic E-state index is 13.2. The Morgan fingerprint density at radius 3 is 1.37 bits per heavy atom. The normalized spacial score (nSPS) is 13.8. The molecule has 0 radical (unpaired) electrons. The van der Waals surface area contributed by atoms with Crippen LogP contribution in [0.2, 0.25) is 0 Å². The minimum Gasteiger partial charge on any atom is -0.462 e. The van der Waals surface area contributed by atoms with E-state index in [0.29, 0.717) is 25.7 Å². The number of unbranched alkanes of at least 4 members (excludes halogenated alkanes) is 24. The van der Waals surface area contributed by atoms with Crippen molar-refractivity contribution in [3.8, 4) is 0 Å². The Balaban J connectivity index is 4.70. The van der Waals surface area contributed by atoms with Gasteiger partial charge in [0.25, 0.3) is 0 Å². The molecule has 0 aliphatic heterocycles. The van der Waals surface area contributed by atoms with Gasteiger partial charge in [-0.25, -0.2) is 0 Å². The number of aliphatic hydroxyl groups excluding tert-OH is 2. The van der Waals surface area contributed by atoms with Crippen LogP contribution in [0.3, 0.4) is 0 Å². The molecule has 0 heterocycles. The molecule has 6 heteroatoms. The first kappa shape index (κ1) is 54.6. The van der Waals surface area contributed by atoms with Crippen molar-refractivity contribution in [2.75, 3.05) is 6.61 Å². The van der Waals surface area contributed by atoms with Gasteiger partial charge in [0.05, 0.1) is 25.2 Å². The highest BCUT2D eigenvalue weighted by atomic mass is 16.5. The van der Waals surface area contributed by atoms with Crippen LogP contribution in [0.4, 0.5) is 0 Å². The SMILES string of the molecule is CC/C=C/C=C/C=C\C=C/C=C/CCCC(=O)OC(CCCCCCCCCCCCCCCC)CC(=O)NC(CO)C(O)CCCCCCCCCCCCC. The second kappa shape index (κ2) is 44.7. The fourth-order valence-corrected chi connectivity index (χ4v) is 7.11. The van der Waals surface area contributed by atoms with E-state index in [4.69, 9.17) is 4.74 Å². The highest BCUT2D eigenvalue weighted by Gasteiger charge is 2.24. The smallest absolute Gasteiger partial charge is 0.306 e. The molecule has 0 rings (SSSR count). The van der Waals surface area contributed by atoms with E-state index in [1.165, 1.54) is 122 Å². The van der Waals surface area contributed by atoms with E-state index in [-0.39, 0.29) is 24.9 Å². The Kier molecular flexibility index (Phi) is 42.7. The van der Waals surface area contributed by atoms with Crippen molar-refractivity contribution in [1.29, 1.82) is 0 Å². The van der Waals surface area contributed by atoms with Crippen LogP contribution in [0.5, 0.6) is 0 Å². The molecule has 0 aromatic carbocycles. The van der Waals surface area contributed by atoms with E-state index in [2.05, 4.69) is 32.2 Å². The number of hydrogen-bond donors (Lipinski definition) is 3. The van der Waals surface area contributed by atoms with Gasteiger partial charge in [0, 0.05) is 6.42 Å². The van der Waals surface area contributed by atoms with Crippen molar-refractivity contribution in [2.45, 2.75) is 244 Å². The quantitative estimate of drug-likeness (QED) is 0.0325. The van der Waals surface area contributed by atoms with Gasteiger partial charge in [-0.15, -0.1) is 0 Å². The van der Waals surface area contributed by atoms with Crippen LogP contribution in [0.25, 0.3) is 0 Å². The van der Waals surface area contributed by atoms with E-state index in [1.807, 2.05) is 54.7 Å². The zero-order valence-electron chi connectivity index (χ0n) is 37.5. The highest BCUT2D eigenvalue weighted by molar-refractivity contribution is 5.77. The lowest BCUT2D eigenvalue weighted by Crippen LogP contribution is -2.46. The fraction of sp³-hybridized carbons (Fsp3) is 0.765. The zero-order chi connectivity index (χ0) is 41.7. The molecule has 0 aliphatic rings. The van der Waals surface area contributed by atoms with E-state index >= 15 is 0 Å². The summed E-state index contributed by atoms with van der Waals surface area (Å²) in [5.41, 5.74) is 0. The first-order valence-electron chi connectivity index (χ1n) is 24.1. The van der Waals surface area contributed by atoms with E-state index in [1.54, 1.807) is 0 Å². The van der Waals surface area contributed by atoms with Crippen LogP contribution < -0.4 is 5.32 Å². The highest BCUT2D eigenvalue weighted by Crippen LogP contribution is 2.18. The summed E-state index contributed by atoms with van der Waals surface area (Å²) in [6, 6.07) is -0.714. The third kappa shape index (κ3) is 40.1. The fourth-order valence-electron chi connectivity index (χ4n) is 7.11. The first-order valence-corrected chi connectivity index (χ1v) is 24.1. The third-order valence-corrected chi connectivity index (χ3v) is 10.7. The average Bonchev–Trinajstić information content (AvgIpc) is 3.20. The molecule has 0 aromatic rings. The largest absolute Gasteiger partial charge is 0.462 e. The van der Waals surface area contributed by atoms with Crippen molar-refractivity contribution in [1.82, 2.24) is 5.32 Å². The predicted octanol–water partition coefficient (Wildman–Crippen LogP) is 14.1. The Morgan fingerprint density at radius 2 is 0.930 bits per heavy atom. The minimum absolute atomic E-state index is 0.0497. The molecule has 3 atom stereocenters. The second-order valence-electron chi connectivity index (χ2n) is 16.3. The summed E-state index contributed by atoms with van der Waals surface area (Å²) in [6.45, 7) is 6.31. The van der Waals surface area contributed by atoms with Gasteiger partial charge in [0.15, 0.2) is 0 Å². The molecule has 0 aliphatic carbocycles. The number of allylic oxidation sites excluding steroid dienone is 10. The number of hydrogen-bond acceptors (Lipinski definition) is 5. The maximum Gasteiger partial charge on any atom is 0.306 e. The lowest BCUT2D eigenvalue weighted by atomic mass is 10.0. The molecule has 3 N–H and O–H groups in total. The molecular weight excluding hydrogens is 707 g/mol. The first-order chi connectivity index (χ1) is 28.0. The summed E-state index contributed by atoms with van der Waals surface area (Å²) in [7, 11) is 0. The number of ether oxygens (including phenoxy) is 1. The number of rotatable bonds is 42. The van der Waals surface area contributed by atoms with Crippen LogP contribution >= 0.6 is 0 Å². The monoisotopic (exact) mass is 798 g/mol. The molecule has 57 heavy (non-hydrogen) atoms. The van der Waals surface area contributed by atoms with Crippen LogP contribution in [0.15, 0.2) is 60.8 Å². The van der Waals surface area contributed by atoms with Crippen molar-refractivity contribution in [3.05, 3.63) is 60.8 Å². The Morgan fingerprint density at radius 1 is 0.526 bits per heavy atom. The van der Waals surface area contributed by atoms with Gasteiger partial charge >= 0.3 is 5.97 Å². The molecule has 0 fully saturated rings. The van der Waals surface area contributed by atoms with Crippen LogP contribution in [0.1, 0.15) is 226 Å². The standard InChI is InChI=1S/C51H91NO5/c1-4-7-10-13-16-19-22-24-26-28-30-33-36-39-42-47(57-51(56)44-41-38-35-32-29-25-23-20-17-14-11-8-5-2)45-50(55)52-48(46-53)49(54)43-40-37-34-31-27-21-18-15-12-9-6-3/h8,11,14,17,20,23,25,29,32,35,47-49,53-54H,4-7,9-10,12-13,15-16,18-19,21-22,24,26-28,30-31,33-34,36-46H2,1-3H3,(H,52,55)/b11-8+,17-14+,23-20-,29-25-,35-32+. The molecule has 0 saturated heterocycles. The summed E-state index contributed by atoms with van der Waals surface area (Å²) < 4.78 is 5.88. The second-order valence-corrected chi connectivity index (χ2v) is 16.3. The summed E-state index contributed by atoms with van der Waals surface area (Å²) in [5, 5.41) is 23.7. The topological polar surface area (TPSA) is 95.9 Å². The average molecular weight is 798 g/mol. The number of nitrogens with one attached hydrogen (secondary N) is 1. The summed E-state index contributed by atoms with van der Waals surface area (Å²) >= 11 is 0. The minimum atomic E-state index is -0.798. The van der Waals surface area contributed by atoms with Gasteiger partial charge in [-0.05, 0) is 38.5 Å². The van der Waals surface area contributed by atoms with E-state index < -0.39 is 18.2 Å². The molecule has 1 amide bonds. The number of esters is 1. The van der Waals surface area contributed by atoms with E-state index in [0.717, 1.165) is 51.4 Å². The summed E-state index contributed by atoms with van der Waals surface area (Å²) in [6.07, 6.45) is 54.2. The summed E-state index contributed by atoms with van der Waals surface area (Å²) in [4.78, 5) is 26.0. The Hall–Kier alpha value is -2.44. The molecule has 0 aromatic heterocycles. The Labute approximate surface area is 352 Å². The lowest BCUT2D eigenvalue weighted by Gasteiger charge is -2.24. The molecule has 0 bridgehead atoms. The van der Waals surface area contributed by atoms with Crippen molar-refractivity contribution < 1.29 is 24.5 Å². The molecule has 6 nitrogen and oxygen atoms in total. The number of amides is 1. The van der Waals surface area contributed by atoms with Gasteiger partial charge in [-0.2, -0.15) is 0 Å². The van der Waals surface area contributed by atoms with Crippen LogP contribution in [0, 0.1) is 0 Å². The Bertz CT molecular complexity index is 1030. The maximum atomic E-state index is 13.2. The van der Waals surface area contributed by atoms with Gasteiger partial charge in [-0.1, -0.05) is 236 Å².